The van der Waals surface area contributed by atoms with E-state index in [-0.39, 0.29) is 5.91 Å². The summed E-state index contributed by atoms with van der Waals surface area (Å²) in [5.74, 6) is 1.53. The molecule has 168 valence electrons. The lowest BCUT2D eigenvalue weighted by Crippen LogP contribution is -2.33. The molecule has 1 aliphatic heterocycles. The van der Waals surface area contributed by atoms with Crippen molar-refractivity contribution in [3.05, 3.63) is 64.6 Å². The quantitative estimate of drug-likeness (QED) is 0.335. The van der Waals surface area contributed by atoms with Gasteiger partial charge in [-0.15, -0.1) is 11.3 Å². The number of thioether (sulfide) groups is 1. The van der Waals surface area contributed by atoms with E-state index in [2.05, 4.69) is 16.5 Å². The number of aromatic nitrogens is 1. The van der Waals surface area contributed by atoms with Crippen molar-refractivity contribution in [3.63, 3.8) is 0 Å². The van der Waals surface area contributed by atoms with Gasteiger partial charge in [0.2, 0.25) is 0 Å². The topological polar surface area (TPSA) is 71.2 Å². The van der Waals surface area contributed by atoms with Crippen molar-refractivity contribution in [2.45, 2.75) is 25.2 Å². The average Bonchev–Trinajstić information content (AvgIpc) is 3.31. The standard InChI is InChI=1S/C25H30N4OS2/c1-31-16-4-13-29-14-11-19(12-15-29)25-28-23(17-32-25)24(30)27-22-6-3-2-5-21(22)18-7-9-20(26)10-8-18/h2-3,5-10,17,19H,4,11-16,26H2,1H3,(H,27,30). The first-order valence-electron chi connectivity index (χ1n) is 11.1. The van der Waals surface area contributed by atoms with Gasteiger partial charge in [0.15, 0.2) is 0 Å². The van der Waals surface area contributed by atoms with E-state index in [1.807, 2.05) is 65.7 Å². The highest BCUT2D eigenvalue weighted by Crippen LogP contribution is 2.32. The summed E-state index contributed by atoms with van der Waals surface area (Å²) in [4.78, 5) is 20.2. The van der Waals surface area contributed by atoms with Gasteiger partial charge in [0.1, 0.15) is 5.69 Å². The number of rotatable bonds is 8. The number of amides is 1. The van der Waals surface area contributed by atoms with Crippen LogP contribution >= 0.6 is 23.1 Å². The Bertz CT molecular complexity index is 1030. The van der Waals surface area contributed by atoms with E-state index in [4.69, 9.17) is 10.7 Å². The Morgan fingerprint density at radius 2 is 1.94 bits per heavy atom. The lowest BCUT2D eigenvalue weighted by Gasteiger charge is -2.30. The molecule has 0 aliphatic carbocycles. The van der Waals surface area contributed by atoms with Gasteiger partial charge in [0.25, 0.3) is 5.91 Å². The Labute approximate surface area is 198 Å². The molecular formula is C25H30N4OS2. The maximum Gasteiger partial charge on any atom is 0.275 e. The van der Waals surface area contributed by atoms with Crippen LogP contribution in [0.1, 0.15) is 40.7 Å². The number of piperidine rings is 1. The van der Waals surface area contributed by atoms with E-state index in [0.29, 0.717) is 11.6 Å². The van der Waals surface area contributed by atoms with E-state index in [0.717, 1.165) is 53.4 Å². The maximum atomic E-state index is 12.9. The molecule has 1 fully saturated rings. The molecule has 32 heavy (non-hydrogen) atoms. The Morgan fingerprint density at radius 3 is 2.69 bits per heavy atom. The second-order valence-electron chi connectivity index (χ2n) is 8.15. The third-order valence-electron chi connectivity index (χ3n) is 5.91. The molecule has 1 aromatic heterocycles. The number of likely N-dealkylation sites (tertiary alicyclic amines) is 1. The van der Waals surface area contributed by atoms with Gasteiger partial charge in [-0.1, -0.05) is 30.3 Å². The first-order chi connectivity index (χ1) is 15.6. The second-order valence-corrected chi connectivity index (χ2v) is 10.0. The summed E-state index contributed by atoms with van der Waals surface area (Å²) in [6.45, 7) is 3.43. The number of nitrogens with two attached hydrogens (primary N) is 1. The Kier molecular flexibility index (Phi) is 7.84. The molecule has 4 rings (SSSR count). The first kappa shape index (κ1) is 22.8. The largest absolute Gasteiger partial charge is 0.399 e. The van der Waals surface area contributed by atoms with Crippen LogP contribution < -0.4 is 11.1 Å². The number of hydrogen-bond acceptors (Lipinski definition) is 6. The van der Waals surface area contributed by atoms with Crippen LogP contribution in [0.2, 0.25) is 0 Å². The zero-order valence-corrected chi connectivity index (χ0v) is 20.1. The van der Waals surface area contributed by atoms with E-state index < -0.39 is 0 Å². The molecule has 0 bridgehead atoms. The summed E-state index contributed by atoms with van der Waals surface area (Å²) in [7, 11) is 0. The fourth-order valence-electron chi connectivity index (χ4n) is 4.11. The molecule has 1 aliphatic rings. The lowest BCUT2D eigenvalue weighted by atomic mass is 9.97. The number of thiazole rings is 1. The van der Waals surface area contributed by atoms with Gasteiger partial charge < -0.3 is 16.0 Å². The summed E-state index contributed by atoms with van der Waals surface area (Å²) < 4.78 is 0. The minimum atomic E-state index is -0.162. The summed E-state index contributed by atoms with van der Waals surface area (Å²) in [6.07, 6.45) is 5.66. The van der Waals surface area contributed by atoms with Gasteiger partial charge in [0, 0.05) is 28.2 Å². The summed E-state index contributed by atoms with van der Waals surface area (Å²) in [5.41, 5.74) is 9.78. The summed E-state index contributed by atoms with van der Waals surface area (Å²) in [6, 6.07) is 15.5. The minimum absolute atomic E-state index is 0.162. The second kappa shape index (κ2) is 11.0. The Hall–Kier alpha value is -2.35. The van der Waals surface area contributed by atoms with Crippen LogP contribution in [0.3, 0.4) is 0 Å². The van der Waals surface area contributed by atoms with Gasteiger partial charge in [-0.25, -0.2) is 4.98 Å². The fraction of sp³-hybridized carbons (Fsp3) is 0.360. The predicted molar refractivity (Wildman–Crippen MR) is 138 cm³/mol. The highest BCUT2D eigenvalue weighted by Gasteiger charge is 2.24. The van der Waals surface area contributed by atoms with Crippen LogP contribution in [0.5, 0.6) is 0 Å². The van der Waals surface area contributed by atoms with E-state index in [1.54, 1.807) is 11.3 Å². The molecule has 7 heteroatoms. The number of nitrogens with one attached hydrogen (secondary N) is 1. The van der Waals surface area contributed by atoms with Gasteiger partial charge >= 0.3 is 0 Å². The van der Waals surface area contributed by atoms with E-state index >= 15 is 0 Å². The van der Waals surface area contributed by atoms with Crippen LogP contribution in [0, 0.1) is 0 Å². The zero-order chi connectivity index (χ0) is 22.3. The first-order valence-corrected chi connectivity index (χ1v) is 13.3. The molecule has 0 unspecified atom stereocenters. The number of benzene rings is 2. The molecule has 2 aromatic carbocycles. The van der Waals surface area contributed by atoms with Gasteiger partial charge in [-0.3, -0.25) is 4.79 Å². The predicted octanol–water partition coefficient (Wildman–Crippen LogP) is 5.58. The normalized spacial score (nSPS) is 15.0. The number of carbonyl (C=O) groups is 1. The molecule has 3 aromatic rings. The molecule has 0 saturated carbocycles. The highest BCUT2D eigenvalue weighted by molar-refractivity contribution is 7.98. The molecule has 0 radical (unpaired) electrons. The SMILES string of the molecule is CSCCCN1CCC(c2nc(C(=O)Nc3ccccc3-c3ccc(N)cc3)cs2)CC1. The van der Waals surface area contributed by atoms with Crippen molar-refractivity contribution < 1.29 is 4.79 Å². The van der Waals surface area contributed by atoms with E-state index in [1.165, 1.54) is 18.7 Å². The van der Waals surface area contributed by atoms with Crippen LogP contribution in [0.25, 0.3) is 11.1 Å². The monoisotopic (exact) mass is 466 g/mol. The molecular weight excluding hydrogens is 436 g/mol. The van der Waals surface area contributed by atoms with Crippen LogP contribution in [0.4, 0.5) is 11.4 Å². The molecule has 2 heterocycles. The van der Waals surface area contributed by atoms with Crippen molar-refractivity contribution in [2.75, 3.05) is 42.7 Å². The van der Waals surface area contributed by atoms with Crippen molar-refractivity contribution in [1.82, 2.24) is 9.88 Å². The van der Waals surface area contributed by atoms with Crippen LogP contribution in [0.15, 0.2) is 53.9 Å². The van der Waals surface area contributed by atoms with Crippen molar-refractivity contribution in [3.8, 4) is 11.1 Å². The Balaban J connectivity index is 1.39. The molecule has 1 saturated heterocycles. The third kappa shape index (κ3) is 5.71. The Morgan fingerprint density at radius 1 is 1.19 bits per heavy atom. The number of carbonyl (C=O) groups excluding carboxylic acids is 1. The smallest absolute Gasteiger partial charge is 0.275 e. The van der Waals surface area contributed by atoms with Gasteiger partial charge in [0.05, 0.1) is 5.01 Å². The van der Waals surface area contributed by atoms with Gasteiger partial charge in [-0.05, 0) is 74.7 Å². The minimum Gasteiger partial charge on any atom is -0.399 e. The number of anilines is 2. The van der Waals surface area contributed by atoms with Crippen LogP contribution in [-0.4, -0.2) is 47.4 Å². The molecule has 0 spiro atoms. The number of nitrogen functional groups attached to an aromatic ring is 1. The number of para-hydroxylation sites is 1. The molecule has 1 amide bonds. The number of hydrogen-bond donors (Lipinski definition) is 2. The number of nitrogens with zero attached hydrogens (tertiary/aromatic N) is 2. The third-order valence-corrected chi connectivity index (χ3v) is 7.62. The fourth-order valence-corrected chi connectivity index (χ4v) is 5.50. The molecule has 0 atom stereocenters. The maximum absolute atomic E-state index is 12.9. The van der Waals surface area contributed by atoms with Crippen LogP contribution in [-0.2, 0) is 0 Å². The van der Waals surface area contributed by atoms with Crippen molar-refractivity contribution in [2.24, 2.45) is 0 Å². The van der Waals surface area contributed by atoms with Crippen molar-refractivity contribution in [1.29, 1.82) is 0 Å². The lowest BCUT2D eigenvalue weighted by molar-refractivity contribution is 0.102. The highest BCUT2D eigenvalue weighted by atomic mass is 32.2. The zero-order valence-electron chi connectivity index (χ0n) is 18.4. The van der Waals surface area contributed by atoms with E-state index in [9.17, 15) is 4.79 Å². The average molecular weight is 467 g/mol. The van der Waals surface area contributed by atoms with Crippen molar-refractivity contribution >= 4 is 40.4 Å². The summed E-state index contributed by atoms with van der Waals surface area (Å²) in [5, 5.41) is 6.03. The summed E-state index contributed by atoms with van der Waals surface area (Å²) >= 11 is 3.53. The molecule has 5 nitrogen and oxygen atoms in total. The molecule has 3 N–H and O–H groups in total. The van der Waals surface area contributed by atoms with Gasteiger partial charge in [-0.2, -0.15) is 11.8 Å².